The summed E-state index contributed by atoms with van der Waals surface area (Å²) in [6.07, 6.45) is -0.737. The molecule has 0 amide bonds. The second-order valence-electron chi connectivity index (χ2n) is 3.61. The number of carbonyl (C=O) groups excluding carboxylic acids is 1. The minimum atomic E-state index is -0.737. The van der Waals surface area contributed by atoms with Crippen molar-refractivity contribution in [1.82, 2.24) is 0 Å². The molecular weight excluding hydrogens is 156 g/mol. The molecule has 1 atom stereocenters. The molecule has 0 saturated carbocycles. The number of rotatable bonds is 1. The summed E-state index contributed by atoms with van der Waals surface area (Å²) in [4.78, 5) is 11.2. The van der Waals surface area contributed by atoms with E-state index in [0.717, 1.165) is 5.57 Å². The smallest absolute Gasteiger partial charge is 0.337 e. The first-order chi connectivity index (χ1) is 5.36. The fourth-order valence-corrected chi connectivity index (χ4v) is 1.32. The second kappa shape index (κ2) is 2.59. The van der Waals surface area contributed by atoms with Crippen molar-refractivity contribution < 1.29 is 14.6 Å². The topological polar surface area (TPSA) is 46.5 Å². The van der Waals surface area contributed by atoms with Crippen LogP contribution < -0.4 is 0 Å². The SMILES string of the molecule is CC1=C(C(C)O)C(=O)OC1(C)C. The number of aliphatic hydroxyl groups is 1. The second-order valence-corrected chi connectivity index (χ2v) is 3.61. The number of cyclic esters (lactones) is 1. The van der Waals surface area contributed by atoms with Gasteiger partial charge in [0.1, 0.15) is 5.60 Å². The van der Waals surface area contributed by atoms with E-state index in [-0.39, 0.29) is 0 Å². The van der Waals surface area contributed by atoms with Gasteiger partial charge in [0.2, 0.25) is 0 Å². The molecule has 0 fully saturated rings. The lowest BCUT2D eigenvalue weighted by Gasteiger charge is -2.18. The van der Waals surface area contributed by atoms with E-state index in [1.807, 2.05) is 20.8 Å². The predicted octanol–water partition coefficient (Wildman–Crippen LogP) is 1.02. The van der Waals surface area contributed by atoms with Crippen molar-refractivity contribution in [3.05, 3.63) is 11.1 Å². The lowest BCUT2D eigenvalue weighted by molar-refractivity contribution is -0.145. The Morgan fingerprint density at radius 2 is 2.00 bits per heavy atom. The molecule has 1 aliphatic rings. The Balaban J connectivity index is 3.11. The van der Waals surface area contributed by atoms with Crippen molar-refractivity contribution in [2.75, 3.05) is 0 Å². The molecule has 0 bridgehead atoms. The lowest BCUT2D eigenvalue weighted by Crippen LogP contribution is -2.21. The normalized spacial score (nSPS) is 24.2. The van der Waals surface area contributed by atoms with Gasteiger partial charge in [-0.15, -0.1) is 0 Å². The quantitative estimate of drug-likeness (QED) is 0.597. The molecule has 3 heteroatoms. The summed E-state index contributed by atoms with van der Waals surface area (Å²) in [6, 6.07) is 0. The minimum Gasteiger partial charge on any atom is -0.452 e. The van der Waals surface area contributed by atoms with Crippen molar-refractivity contribution >= 4 is 5.97 Å². The predicted molar refractivity (Wildman–Crippen MR) is 44.6 cm³/mol. The van der Waals surface area contributed by atoms with Crippen LogP contribution in [0.2, 0.25) is 0 Å². The van der Waals surface area contributed by atoms with Gasteiger partial charge in [0, 0.05) is 0 Å². The summed E-state index contributed by atoms with van der Waals surface area (Å²) in [6.45, 7) is 7.01. The largest absolute Gasteiger partial charge is 0.452 e. The van der Waals surface area contributed by atoms with E-state index in [1.165, 1.54) is 0 Å². The average molecular weight is 170 g/mol. The molecule has 1 aliphatic heterocycles. The molecule has 0 aromatic heterocycles. The monoisotopic (exact) mass is 170 g/mol. The number of ether oxygens (including phenoxy) is 1. The van der Waals surface area contributed by atoms with E-state index in [2.05, 4.69) is 0 Å². The molecule has 68 valence electrons. The third kappa shape index (κ3) is 1.25. The van der Waals surface area contributed by atoms with Gasteiger partial charge in [-0.2, -0.15) is 0 Å². The Morgan fingerprint density at radius 3 is 2.17 bits per heavy atom. The zero-order valence-corrected chi connectivity index (χ0v) is 7.84. The van der Waals surface area contributed by atoms with Crippen LogP contribution in [0, 0.1) is 0 Å². The maximum Gasteiger partial charge on any atom is 0.337 e. The third-order valence-corrected chi connectivity index (χ3v) is 2.29. The van der Waals surface area contributed by atoms with Crippen molar-refractivity contribution in [3.63, 3.8) is 0 Å². The van der Waals surface area contributed by atoms with Crippen LogP contribution >= 0.6 is 0 Å². The highest BCUT2D eigenvalue weighted by Crippen LogP contribution is 2.33. The van der Waals surface area contributed by atoms with Crippen molar-refractivity contribution in [1.29, 1.82) is 0 Å². The Bertz CT molecular complexity index is 248. The van der Waals surface area contributed by atoms with Gasteiger partial charge in [-0.3, -0.25) is 0 Å². The minimum absolute atomic E-state index is 0.396. The molecule has 0 radical (unpaired) electrons. The summed E-state index contributed by atoms with van der Waals surface area (Å²) < 4.78 is 5.06. The van der Waals surface area contributed by atoms with Gasteiger partial charge in [-0.05, 0) is 33.3 Å². The van der Waals surface area contributed by atoms with E-state index in [0.29, 0.717) is 5.57 Å². The fraction of sp³-hybridized carbons (Fsp3) is 0.667. The highest BCUT2D eigenvalue weighted by Gasteiger charge is 2.39. The van der Waals surface area contributed by atoms with Crippen LogP contribution in [0.4, 0.5) is 0 Å². The number of hydrogen-bond donors (Lipinski definition) is 1. The summed E-state index contributed by atoms with van der Waals surface area (Å²) in [7, 11) is 0. The molecule has 3 nitrogen and oxygen atoms in total. The Kier molecular flexibility index (Phi) is 2.00. The van der Waals surface area contributed by atoms with Crippen LogP contribution in [-0.4, -0.2) is 22.8 Å². The van der Waals surface area contributed by atoms with Gasteiger partial charge in [-0.25, -0.2) is 4.79 Å². The van der Waals surface area contributed by atoms with Gasteiger partial charge >= 0.3 is 5.97 Å². The Morgan fingerprint density at radius 1 is 1.50 bits per heavy atom. The molecule has 0 saturated heterocycles. The van der Waals surface area contributed by atoms with Crippen LogP contribution in [-0.2, 0) is 9.53 Å². The molecule has 0 aromatic rings. The zero-order chi connectivity index (χ0) is 9.52. The number of carbonyl (C=O) groups is 1. The van der Waals surface area contributed by atoms with Crippen LogP contribution in [0.15, 0.2) is 11.1 Å². The first-order valence-corrected chi connectivity index (χ1v) is 3.99. The van der Waals surface area contributed by atoms with Crippen LogP contribution in [0.25, 0.3) is 0 Å². The van der Waals surface area contributed by atoms with Crippen molar-refractivity contribution in [3.8, 4) is 0 Å². The maximum absolute atomic E-state index is 11.2. The van der Waals surface area contributed by atoms with Crippen molar-refractivity contribution in [2.24, 2.45) is 0 Å². The maximum atomic E-state index is 11.2. The van der Waals surface area contributed by atoms with Gasteiger partial charge in [0.15, 0.2) is 0 Å². The highest BCUT2D eigenvalue weighted by atomic mass is 16.6. The molecule has 1 heterocycles. The van der Waals surface area contributed by atoms with Gasteiger partial charge in [0.25, 0.3) is 0 Å². The summed E-state index contributed by atoms with van der Waals surface area (Å²) in [5.74, 6) is -0.396. The van der Waals surface area contributed by atoms with Crippen LogP contribution in [0.1, 0.15) is 27.7 Å². The number of esters is 1. The molecule has 0 aliphatic carbocycles. The van der Waals surface area contributed by atoms with Crippen molar-refractivity contribution in [2.45, 2.75) is 39.4 Å². The first kappa shape index (κ1) is 9.26. The van der Waals surface area contributed by atoms with E-state index >= 15 is 0 Å². The molecule has 0 aromatic carbocycles. The summed E-state index contributed by atoms with van der Waals surface area (Å²) in [5.41, 5.74) is 0.672. The molecule has 0 spiro atoms. The fourth-order valence-electron chi connectivity index (χ4n) is 1.32. The standard InChI is InChI=1S/C9H14O3/c1-5-7(6(2)10)8(11)12-9(5,3)4/h6,10H,1-4H3. The molecule has 1 rings (SSSR count). The van der Waals surface area contributed by atoms with Gasteiger partial charge < -0.3 is 9.84 Å². The Labute approximate surface area is 72.0 Å². The van der Waals surface area contributed by atoms with Crippen LogP contribution in [0.3, 0.4) is 0 Å². The highest BCUT2D eigenvalue weighted by molar-refractivity contribution is 5.93. The third-order valence-electron chi connectivity index (χ3n) is 2.29. The van der Waals surface area contributed by atoms with Gasteiger partial charge in [-0.1, -0.05) is 0 Å². The van der Waals surface area contributed by atoms with Crippen LogP contribution in [0.5, 0.6) is 0 Å². The summed E-state index contributed by atoms with van der Waals surface area (Å²) in [5, 5.41) is 9.27. The average Bonchev–Trinajstić information content (AvgIpc) is 2.02. The number of aliphatic hydroxyl groups excluding tert-OH is 1. The summed E-state index contributed by atoms with van der Waals surface area (Å²) >= 11 is 0. The molecule has 1 unspecified atom stereocenters. The van der Waals surface area contributed by atoms with E-state index in [9.17, 15) is 9.90 Å². The van der Waals surface area contributed by atoms with Gasteiger partial charge in [0.05, 0.1) is 11.7 Å². The van der Waals surface area contributed by atoms with E-state index in [1.54, 1.807) is 6.92 Å². The molecular formula is C9H14O3. The van der Waals surface area contributed by atoms with E-state index < -0.39 is 17.7 Å². The lowest BCUT2D eigenvalue weighted by atomic mass is 9.95. The van der Waals surface area contributed by atoms with E-state index in [4.69, 9.17) is 4.74 Å². The molecule has 12 heavy (non-hydrogen) atoms. The Hall–Kier alpha value is -0.830. The zero-order valence-electron chi connectivity index (χ0n) is 7.84. The number of hydrogen-bond acceptors (Lipinski definition) is 3. The molecule has 1 N–H and O–H groups in total. The first-order valence-electron chi connectivity index (χ1n) is 3.99.